The minimum atomic E-state index is -1.91. The molecular formula is C70H119N11O15. The first-order valence-electron chi connectivity index (χ1n) is 34.1. The van der Waals surface area contributed by atoms with Crippen molar-refractivity contribution in [3.05, 3.63) is 35.9 Å². The fraction of sp³-hybridized carbons (Fsp3) is 0.743. The maximum atomic E-state index is 15.3. The van der Waals surface area contributed by atoms with Crippen LogP contribution in [0.2, 0.25) is 0 Å². The van der Waals surface area contributed by atoms with Gasteiger partial charge in [-0.3, -0.25) is 57.6 Å². The van der Waals surface area contributed by atoms with Gasteiger partial charge in [-0.25, -0.2) is 4.79 Å². The van der Waals surface area contributed by atoms with Gasteiger partial charge in [0.25, 0.3) is 5.91 Å². The monoisotopic (exact) mass is 1350 g/mol. The Morgan fingerprint density at radius 1 is 0.510 bits per heavy atom. The molecule has 544 valence electrons. The van der Waals surface area contributed by atoms with E-state index in [1.165, 1.54) is 65.8 Å². The highest BCUT2D eigenvalue weighted by molar-refractivity contribution is 5.99. The third-order valence-electron chi connectivity index (χ3n) is 17.3. The molecule has 0 spiro atoms. The Balaban J connectivity index is 3.01. The lowest BCUT2D eigenvalue weighted by molar-refractivity contribution is -0.166. The van der Waals surface area contributed by atoms with Crippen LogP contribution in [0.3, 0.4) is 0 Å². The highest BCUT2D eigenvalue weighted by atomic mass is 16.6. The van der Waals surface area contributed by atoms with E-state index in [0.717, 1.165) is 25.2 Å². The predicted molar refractivity (Wildman–Crippen MR) is 365 cm³/mol. The fourth-order valence-corrected chi connectivity index (χ4v) is 11.9. The van der Waals surface area contributed by atoms with Crippen molar-refractivity contribution in [3.8, 4) is 0 Å². The minimum Gasteiger partial charge on any atom is -0.450 e. The normalized spacial score (nSPS) is 25.6. The summed E-state index contributed by atoms with van der Waals surface area (Å²) < 4.78 is 5.91. The highest BCUT2D eigenvalue weighted by Crippen LogP contribution is 2.25. The van der Waals surface area contributed by atoms with Gasteiger partial charge in [-0.2, -0.15) is 0 Å². The molecule has 96 heavy (non-hydrogen) atoms. The van der Waals surface area contributed by atoms with Crippen LogP contribution in [0.1, 0.15) is 162 Å². The topological polar surface area (TPSA) is 334 Å². The number of nitrogens with one attached hydrogen (secondary N) is 5. The second-order valence-electron chi connectivity index (χ2n) is 29.4. The van der Waals surface area contributed by atoms with Gasteiger partial charge in [0.1, 0.15) is 48.3 Å². The van der Waals surface area contributed by atoms with Gasteiger partial charge < -0.3 is 66.0 Å². The maximum Gasteiger partial charge on any atom is 0.329 e. The molecule has 13 atom stereocenters. The van der Waals surface area contributed by atoms with E-state index in [1.807, 2.05) is 87.4 Å². The summed E-state index contributed by atoms with van der Waals surface area (Å²) in [6.45, 7) is 28.3. The Bertz CT molecular complexity index is 2780. The van der Waals surface area contributed by atoms with Crippen LogP contribution in [0.4, 0.5) is 0 Å². The fourth-order valence-electron chi connectivity index (χ4n) is 11.9. The number of aliphatic hydroxyl groups excluding tert-OH is 2. The number of Topliss-reactive ketones (excluding diaryl/α,β-unsaturated/α-hetero) is 1. The average molecular weight is 1350 g/mol. The summed E-state index contributed by atoms with van der Waals surface area (Å²) in [6.07, 6.45) is -4.74. The zero-order valence-corrected chi connectivity index (χ0v) is 61.7. The molecule has 1 aliphatic rings. The number of rotatable bonds is 19. The van der Waals surface area contributed by atoms with Gasteiger partial charge in [-0.1, -0.05) is 134 Å². The third kappa shape index (κ3) is 25.7. The average Bonchev–Trinajstić information content (AvgIpc) is 0.815. The van der Waals surface area contributed by atoms with E-state index in [-0.39, 0.29) is 74.7 Å². The Hall–Kier alpha value is -7.06. The van der Waals surface area contributed by atoms with E-state index in [2.05, 4.69) is 26.6 Å². The summed E-state index contributed by atoms with van der Waals surface area (Å²) in [5.41, 5.74) is 0.788. The van der Waals surface area contributed by atoms with Crippen molar-refractivity contribution in [1.29, 1.82) is 0 Å². The highest BCUT2D eigenvalue weighted by Gasteiger charge is 2.46. The van der Waals surface area contributed by atoms with Crippen LogP contribution in [-0.2, 0) is 68.8 Å². The van der Waals surface area contributed by atoms with E-state index in [0.29, 0.717) is 0 Å². The molecule has 1 aromatic rings. The van der Waals surface area contributed by atoms with E-state index >= 15 is 14.4 Å². The molecule has 2 rings (SSSR count). The Kier molecular flexibility index (Phi) is 34.9. The van der Waals surface area contributed by atoms with Crippen LogP contribution in [0, 0.1) is 47.3 Å². The van der Waals surface area contributed by atoms with Crippen molar-refractivity contribution in [2.24, 2.45) is 47.3 Å². The molecule has 7 N–H and O–H groups in total. The number of amides is 10. The summed E-state index contributed by atoms with van der Waals surface area (Å²) in [7, 11) is 8.19. The number of hydrogen-bond donors (Lipinski definition) is 7. The Labute approximate surface area is 571 Å². The number of aliphatic hydroxyl groups is 2. The number of esters is 1. The standard InChI is InChI=1S/C70H119N11O15/c1-38(2)29-50-65(90)78(20)53(32-41(7)8)62(87)72-46(16)70(95)96-60(44(13)14)69(94)79(21)54(33-42(9)10)63(88)74-51(30-39(3)4)66(91)80(22)57(43(11)12)68(93)81(23)58(59(85)45(15)34-55(84)71-35-48-27-25-24-26-28-48)64(89)75-56(47(17)82)67(92)77(19)37-49(83)36-76(18)52(31-40(5)6)61(86)73-50/h24-28,38-47,50-54,56-60,82,85H,29-37H2,1-23H3,(H,71,84)(H,72,87)(H,73,86)(H,74,88)(H,75,89)/t45-,46-,47-,50-,51-,52+,53-,54-,56-,57-,58-,59-,60+/m1/s1. The van der Waals surface area contributed by atoms with Crippen molar-refractivity contribution in [2.45, 2.75) is 235 Å². The van der Waals surface area contributed by atoms with E-state index in [4.69, 9.17) is 4.74 Å². The molecule has 26 nitrogen and oxygen atoms in total. The number of hydrogen-bond acceptors (Lipinski definition) is 16. The molecule has 1 saturated heterocycles. The lowest BCUT2D eigenvalue weighted by Crippen LogP contribution is -2.64. The summed E-state index contributed by atoms with van der Waals surface area (Å²) in [5, 5.41) is 37.4. The van der Waals surface area contributed by atoms with Crippen LogP contribution in [0.15, 0.2) is 30.3 Å². The Morgan fingerprint density at radius 3 is 1.41 bits per heavy atom. The third-order valence-corrected chi connectivity index (χ3v) is 17.3. The smallest absolute Gasteiger partial charge is 0.329 e. The number of nitrogens with zero attached hydrogens (tertiary/aromatic N) is 6. The van der Waals surface area contributed by atoms with E-state index < -0.39 is 174 Å². The van der Waals surface area contributed by atoms with Gasteiger partial charge in [0.05, 0.1) is 31.3 Å². The Morgan fingerprint density at radius 2 is 0.948 bits per heavy atom. The zero-order valence-electron chi connectivity index (χ0n) is 61.7. The van der Waals surface area contributed by atoms with E-state index in [9.17, 15) is 53.4 Å². The van der Waals surface area contributed by atoms with E-state index in [1.54, 1.807) is 46.9 Å². The molecule has 1 heterocycles. The van der Waals surface area contributed by atoms with Crippen molar-refractivity contribution in [3.63, 3.8) is 0 Å². The van der Waals surface area contributed by atoms with Crippen LogP contribution < -0.4 is 26.6 Å². The first kappa shape index (κ1) is 85.0. The summed E-state index contributed by atoms with van der Waals surface area (Å²) in [6, 6.07) is -3.37. The lowest BCUT2D eigenvalue weighted by Gasteiger charge is -2.40. The SMILES string of the molecule is CC(C)C[C@@H]1C(=O)N[C@H](CC(C)C)C(=O)N(C)[C@H](C(C)C)C(=O)N(C)[C@H]([C@H](O)[C@H](C)CC(=O)NCc2ccccc2)C(=O)N[C@H]([C@@H](C)O)C(=O)N(C)CC(=O)CN(C)[C@@H](CC(C)C)C(=O)N[C@H](CC(C)C)C(=O)N(C)[C@H](CC(C)C)C(=O)N[C@H](C)C(=O)O[C@@H](C(C)C)C(=O)N1C. The molecule has 10 amide bonds. The molecule has 0 radical (unpaired) electrons. The van der Waals surface area contributed by atoms with Gasteiger partial charge in [0.15, 0.2) is 11.9 Å². The molecule has 1 fully saturated rings. The number of likely N-dealkylation sites (N-methyl/N-ethyl adjacent to an activating group) is 6. The van der Waals surface area contributed by atoms with Gasteiger partial charge >= 0.3 is 5.97 Å². The molecule has 0 aliphatic carbocycles. The maximum absolute atomic E-state index is 15.3. The molecule has 0 bridgehead atoms. The largest absolute Gasteiger partial charge is 0.450 e. The van der Waals surface area contributed by atoms with Gasteiger partial charge in [-0.15, -0.1) is 0 Å². The van der Waals surface area contributed by atoms with Crippen molar-refractivity contribution < 1.29 is 72.5 Å². The first-order chi connectivity index (χ1) is 44.4. The number of carbonyl (C=O) groups is 12. The van der Waals surface area contributed by atoms with Crippen molar-refractivity contribution in [2.75, 3.05) is 55.4 Å². The molecule has 1 aliphatic heterocycles. The van der Waals surface area contributed by atoms with Gasteiger partial charge in [0, 0.05) is 48.2 Å². The van der Waals surface area contributed by atoms with Gasteiger partial charge in [0.2, 0.25) is 53.2 Å². The minimum absolute atomic E-state index is 0.0421. The number of ketones is 1. The lowest BCUT2D eigenvalue weighted by atomic mass is 9.91. The van der Waals surface area contributed by atoms with Crippen molar-refractivity contribution in [1.82, 2.24) is 56.0 Å². The molecule has 26 heteroatoms. The number of benzene rings is 1. The van der Waals surface area contributed by atoms with Gasteiger partial charge in [-0.05, 0) is 106 Å². The van der Waals surface area contributed by atoms with Crippen LogP contribution >= 0.6 is 0 Å². The van der Waals surface area contributed by atoms with Crippen LogP contribution in [0.25, 0.3) is 0 Å². The molecule has 1 aromatic carbocycles. The second kappa shape index (κ2) is 39.4. The number of cyclic esters (lactones) is 1. The zero-order chi connectivity index (χ0) is 73.7. The first-order valence-corrected chi connectivity index (χ1v) is 34.1. The van der Waals surface area contributed by atoms with Crippen LogP contribution in [-0.4, -0.2) is 239 Å². The second-order valence-corrected chi connectivity index (χ2v) is 29.4. The molecular weight excluding hydrogens is 1230 g/mol. The number of ether oxygens (including phenoxy) is 1. The molecule has 0 aromatic heterocycles. The summed E-state index contributed by atoms with van der Waals surface area (Å²) >= 11 is 0. The summed E-state index contributed by atoms with van der Waals surface area (Å²) in [5.74, 6) is -12.5. The predicted octanol–water partition coefficient (Wildman–Crippen LogP) is 3.13. The summed E-state index contributed by atoms with van der Waals surface area (Å²) in [4.78, 5) is 182. The quantitative estimate of drug-likeness (QED) is 0.0979. The molecule has 0 unspecified atom stereocenters. The number of carbonyl (C=O) groups excluding carboxylic acids is 12. The van der Waals surface area contributed by atoms with Crippen LogP contribution in [0.5, 0.6) is 0 Å². The van der Waals surface area contributed by atoms with Crippen molar-refractivity contribution >= 4 is 70.8 Å². The molecule has 0 saturated carbocycles.